The molecular weight excluding hydrogens is 306 g/mol. The van der Waals surface area contributed by atoms with Gasteiger partial charge in [-0.25, -0.2) is 4.68 Å². The molecule has 0 aromatic carbocycles. The Morgan fingerprint density at radius 1 is 1.50 bits per heavy atom. The van der Waals surface area contributed by atoms with Crippen molar-refractivity contribution in [3.05, 3.63) is 38.2 Å². The first-order valence-electron chi connectivity index (χ1n) is 6.82. The summed E-state index contributed by atoms with van der Waals surface area (Å²) in [5, 5.41) is 22.8. The number of thiophene rings is 1. The molecule has 2 aromatic heterocycles. The molecule has 0 saturated carbocycles. The number of amides is 1. The van der Waals surface area contributed by atoms with Crippen LogP contribution in [-0.4, -0.2) is 33.7 Å². The van der Waals surface area contributed by atoms with Crippen molar-refractivity contribution in [3.63, 3.8) is 0 Å². The highest BCUT2D eigenvalue weighted by Crippen LogP contribution is 2.27. The maximum absolute atomic E-state index is 11.8. The maximum Gasteiger partial charge on any atom is 0.333 e. The third kappa shape index (κ3) is 3.42. The van der Waals surface area contributed by atoms with E-state index in [2.05, 4.69) is 15.7 Å². The van der Waals surface area contributed by atoms with Gasteiger partial charge in [-0.1, -0.05) is 6.07 Å². The Labute approximate surface area is 131 Å². The van der Waals surface area contributed by atoms with E-state index in [1.54, 1.807) is 17.7 Å². The molecule has 0 spiro atoms. The molecule has 0 atom stereocenters. The van der Waals surface area contributed by atoms with Crippen molar-refractivity contribution in [3.8, 4) is 0 Å². The topological polar surface area (TPSA) is 102 Å². The molecule has 0 aliphatic carbocycles. The summed E-state index contributed by atoms with van der Waals surface area (Å²) in [5.41, 5.74) is 0.350. The molecule has 2 heterocycles. The van der Waals surface area contributed by atoms with Crippen LogP contribution in [0.3, 0.4) is 0 Å². The Balaban J connectivity index is 1.94. The van der Waals surface area contributed by atoms with Crippen molar-refractivity contribution in [2.24, 2.45) is 0 Å². The van der Waals surface area contributed by atoms with E-state index < -0.39 is 4.92 Å². The SMILES string of the molecule is CCn1nc(C)c([N+](=O)[O-])c1NCCNC(=O)c1cccs1. The van der Waals surface area contributed by atoms with Crippen LogP contribution < -0.4 is 10.6 Å². The molecule has 9 heteroatoms. The summed E-state index contributed by atoms with van der Waals surface area (Å²) in [6.07, 6.45) is 0. The zero-order chi connectivity index (χ0) is 16.1. The largest absolute Gasteiger partial charge is 0.363 e. The van der Waals surface area contributed by atoms with E-state index in [0.717, 1.165) is 0 Å². The molecule has 0 radical (unpaired) electrons. The lowest BCUT2D eigenvalue weighted by Crippen LogP contribution is -2.28. The fraction of sp³-hybridized carbons (Fsp3) is 0.385. The molecule has 0 aliphatic heterocycles. The number of aryl methyl sites for hydroxylation is 2. The Kier molecular flexibility index (Phi) is 5.10. The average Bonchev–Trinajstić information content (AvgIpc) is 3.10. The second-order valence-electron chi connectivity index (χ2n) is 4.52. The molecular formula is C13H17N5O3S. The summed E-state index contributed by atoms with van der Waals surface area (Å²) in [6, 6.07) is 3.55. The van der Waals surface area contributed by atoms with Gasteiger partial charge in [0.1, 0.15) is 5.69 Å². The predicted octanol–water partition coefficient (Wildman–Crippen LogP) is 2.02. The molecule has 2 aromatic rings. The molecule has 0 bridgehead atoms. The van der Waals surface area contributed by atoms with Gasteiger partial charge in [-0.3, -0.25) is 14.9 Å². The van der Waals surface area contributed by atoms with E-state index in [1.165, 1.54) is 11.3 Å². The number of nitro groups is 1. The van der Waals surface area contributed by atoms with Crippen LogP contribution in [0.2, 0.25) is 0 Å². The van der Waals surface area contributed by atoms with Crippen molar-refractivity contribution in [2.75, 3.05) is 18.4 Å². The van der Waals surface area contributed by atoms with E-state index in [-0.39, 0.29) is 11.6 Å². The Bertz CT molecular complexity index is 666. The van der Waals surface area contributed by atoms with Gasteiger partial charge in [-0.2, -0.15) is 5.10 Å². The van der Waals surface area contributed by atoms with Crippen molar-refractivity contribution < 1.29 is 9.72 Å². The average molecular weight is 323 g/mol. The van der Waals surface area contributed by atoms with Gasteiger partial charge in [-0.15, -0.1) is 11.3 Å². The van der Waals surface area contributed by atoms with Crippen LogP contribution >= 0.6 is 11.3 Å². The number of nitrogens with zero attached hydrogens (tertiary/aromatic N) is 3. The van der Waals surface area contributed by atoms with Gasteiger partial charge in [0.2, 0.25) is 5.82 Å². The number of carbonyl (C=O) groups excluding carboxylic acids is 1. The van der Waals surface area contributed by atoms with Crippen molar-refractivity contribution in [1.82, 2.24) is 15.1 Å². The van der Waals surface area contributed by atoms with E-state index in [9.17, 15) is 14.9 Å². The highest BCUT2D eigenvalue weighted by Gasteiger charge is 2.24. The Hall–Kier alpha value is -2.42. The lowest BCUT2D eigenvalue weighted by Gasteiger charge is -2.08. The zero-order valence-corrected chi connectivity index (χ0v) is 13.1. The minimum absolute atomic E-state index is 0.0218. The van der Waals surface area contributed by atoms with Gasteiger partial charge in [0, 0.05) is 19.6 Å². The normalized spacial score (nSPS) is 10.5. The van der Waals surface area contributed by atoms with Crippen molar-refractivity contribution in [1.29, 1.82) is 0 Å². The third-order valence-corrected chi connectivity index (χ3v) is 3.89. The van der Waals surface area contributed by atoms with E-state index in [1.807, 2.05) is 18.4 Å². The molecule has 0 saturated heterocycles. The van der Waals surface area contributed by atoms with E-state index in [4.69, 9.17) is 0 Å². The second kappa shape index (κ2) is 7.03. The first-order valence-corrected chi connectivity index (χ1v) is 7.70. The van der Waals surface area contributed by atoms with Crippen LogP contribution in [0.1, 0.15) is 22.3 Å². The van der Waals surface area contributed by atoms with Gasteiger partial charge in [-0.05, 0) is 25.3 Å². The van der Waals surface area contributed by atoms with Crippen molar-refractivity contribution in [2.45, 2.75) is 20.4 Å². The van der Waals surface area contributed by atoms with Crippen LogP contribution in [0, 0.1) is 17.0 Å². The number of aromatic nitrogens is 2. The number of hydrogen-bond donors (Lipinski definition) is 2. The standard InChI is InChI=1S/C13H17N5O3S/c1-3-17-12(11(18(20)21)9(2)16-17)14-6-7-15-13(19)10-5-4-8-22-10/h4-5,8,14H,3,6-7H2,1-2H3,(H,15,19). The highest BCUT2D eigenvalue weighted by molar-refractivity contribution is 7.12. The third-order valence-electron chi connectivity index (χ3n) is 3.03. The first kappa shape index (κ1) is 16.0. The van der Waals surface area contributed by atoms with Crippen LogP contribution in [0.5, 0.6) is 0 Å². The summed E-state index contributed by atoms with van der Waals surface area (Å²) in [4.78, 5) is 23.1. The molecule has 8 nitrogen and oxygen atoms in total. The zero-order valence-electron chi connectivity index (χ0n) is 12.3. The number of hydrogen-bond acceptors (Lipinski definition) is 6. The van der Waals surface area contributed by atoms with Crippen molar-refractivity contribution >= 4 is 28.7 Å². The Morgan fingerprint density at radius 3 is 2.86 bits per heavy atom. The predicted molar refractivity (Wildman–Crippen MR) is 84.4 cm³/mol. The molecule has 22 heavy (non-hydrogen) atoms. The fourth-order valence-electron chi connectivity index (χ4n) is 2.05. The lowest BCUT2D eigenvalue weighted by atomic mass is 10.4. The Morgan fingerprint density at radius 2 is 2.27 bits per heavy atom. The molecule has 118 valence electrons. The summed E-state index contributed by atoms with van der Waals surface area (Å²) < 4.78 is 1.55. The smallest absolute Gasteiger partial charge is 0.333 e. The van der Waals surface area contributed by atoms with E-state index in [0.29, 0.717) is 36.0 Å². The van der Waals surface area contributed by atoms with Crippen LogP contribution in [0.25, 0.3) is 0 Å². The lowest BCUT2D eigenvalue weighted by molar-refractivity contribution is -0.384. The first-order chi connectivity index (χ1) is 10.5. The molecule has 2 N–H and O–H groups in total. The van der Waals surface area contributed by atoms with Gasteiger partial charge in [0.25, 0.3) is 5.91 Å². The minimum atomic E-state index is -0.443. The number of carbonyl (C=O) groups is 1. The fourth-order valence-corrected chi connectivity index (χ4v) is 2.69. The second-order valence-corrected chi connectivity index (χ2v) is 5.46. The van der Waals surface area contributed by atoms with Crippen LogP contribution in [0.15, 0.2) is 17.5 Å². The highest BCUT2D eigenvalue weighted by atomic mass is 32.1. The maximum atomic E-state index is 11.8. The van der Waals surface area contributed by atoms with E-state index >= 15 is 0 Å². The molecule has 2 rings (SSSR count). The molecule has 0 unspecified atom stereocenters. The van der Waals surface area contributed by atoms with Gasteiger partial charge < -0.3 is 10.6 Å². The monoisotopic (exact) mass is 323 g/mol. The number of nitrogens with one attached hydrogen (secondary N) is 2. The van der Waals surface area contributed by atoms with Gasteiger partial charge >= 0.3 is 5.69 Å². The van der Waals surface area contributed by atoms with Crippen LogP contribution in [-0.2, 0) is 6.54 Å². The summed E-state index contributed by atoms with van der Waals surface area (Å²) in [7, 11) is 0. The molecule has 0 fully saturated rings. The van der Waals surface area contributed by atoms with Gasteiger partial charge in [0.05, 0.1) is 9.80 Å². The van der Waals surface area contributed by atoms with Gasteiger partial charge in [0.15, 0.2) is 0 Å². The minimum Gasteiger partial charge on any atom is -0.363 e. The number of anilines is 1. The molecule has 0 aliphatic rings. The summed E-state index contributed by atoms with van der Waals surface area (Å²) >= 11 is 1.37. The summed E-state index contributed by atoms with van der Waals surface area (Å²) in [5.74, 6) is 0.224. The number of rotatable bonds is 7. The van der Waals surface area contributed by atoms with Crippen LogP contribution in [0.4, 0.5) is 11.5 Å². The quantitative estimate of drug-likeness (QED) is 0.461. The molecule has 1 amide bonds. The summed E-state index contributed by atoms with van der Waals surface area (Å²) in [6.45, 7) is 4.73.